The molecule has 2 aromatic rings. The molecule has 1 aliphatic rings. The number of carbonyl (C=O) groups is 1. The molecule has 4 heteroatoms. The quantitative estimate of drug-likeness (QED) is 0.669. The van der Waals surface area contributed by atoms with E-state index in [1.165, 1.54) is 0 Å². The summed E-state index contributed by atoms with van der Waals surface area (Å²) < 4.78 is 0. The standard InChI is InChI=1S/C10H7N3O/c14-10-3-6-1-7-4-11-12-5-8(7)2-9(6)13-10/h1-2,4-5H,3H2,(H,13,14). The molecule has 0 saturated carbocycles. The molecule has 0 atom stereocenters. The number of hydrogen-bond acceptors (Lipinski definition) is 3. The van der Waals surface area contributed by atoms with Crippen LogP contribution >= 0.6 is 0 Å². The number of nitrogens with one attached hydrogen (secondary N) is 1. The maximum absolute atomic E-state index is 11.1. The van der Waals surface area contributed by atoms with E-state index in [4.69, 9.17) is 0 Å². The van der Waals surface area contributed by atoms with Crippen LogP contribution in [0.2, 0.25) is 0 Å². The van der Waals surface area contributed by atoms with Gasteiger partial charge in [0.25, 0.3) is 0 Å². The minimum atomic E-state index is 0.0521. The Bertz CT molecular complexity index is 489. The lowest BCUT2D eigenvalue weighted by atomic mass is 10.1. The molecule has 0 aliphatic carbocycles. The molecule has 3 rings (SSSR count). The first-order chi connectivity index (χ1) is 6.83. The third kappa shape index (κ3) is 0.970. The molecule has 1 aromatic heterocycles. The number of amides is 1. The number of nitrogens with zero attached hydrogens (tertiary/aromatic N) is 2. The summed E-state index contributed by atoms with van der Waals surface area (Å²) in [5.74, 6) is 0.0521. The summed E-state index contributed by atoms with van der Waals surface area (Å²) >= 11 is 0. The van der Waals surface area contributed by atoms with E-state index >= 15 is 0 Å². The van der Waals surface area contributed by atoms with Gasteiger partial charge < -0.3 is 5.32 Å². The molecular formula is C10H7N3O. The van der Waals surface area contributed by atoms with E-state index in [1.54, 1.807) is 12.4 Å². The molecule has 0 fully saturated rings. The third-order valence-electron chi connectivity index (χ3n) is 2.39. The van der Waals surface area contributed by atoms with Gasteiger partial charge in [0.1, 0.15) is 0 Å². The van der Waals surface area contributed by atoms with Crippen LogP contribution in [0.15, 0.2) is 24.5 Å². The zero-order valence-electron chi connectivity index (χ0n) is 7.32. The maximum Gasteiger partial charge on any atom is 0.228 e. The molecule has 0 bridgehead atoms. The number of aromatic nitrogens is 2. The van der Waals surface area contributed by atoms with Crippen molar-refractivity contribution in [1.82, 2.24) is 10.2 Å². The molecule has 1 aromatic carbocycles. The van der Waals surface area contributed by atoms with Crippen LogP contribution in [0.1, 0.15) is 5.56 Å². The number of carbonyl (C=O) groups excluding carboxylic acids is 1. The summed E-state index contributed by atoms with van der Waals surface area (Å²) in [7, 11) is 0. The molecule has 0 radical (unpaired) electrons. The minimum absolute atomic E-state index is 0.0521. The summed E-state index contributed by atoms with van der Waals surface area (Å²) in [6.07, 6.45) is 3.87. The third-order valence-corrected chi connectivity index (χ3v) is 2.39. The molecule has 68 valence electrons. The number of rotatable bonds is 0. The van der Waals surface area contributed by atoms with E-state index in [0.29, 0.717) is 6.42 Å². The lowest BCUT2D eigenvalue weighted by Crippen LogP contribution is -2.03. The SMILES string of the molecule is O=C1Cc2cc3cnncc3cc2N1. The Balaban J connectivity index is 2.31. The summed E-state index contributed by atoms with van der Waals surface area (Å²) in [6.45, 7) is 0. The monoisotopic (exact) mass is 185 g/mol. The minimum Gasteiger partial charge on any atom is -0.326 e. The van der Waals surface area contributed by atoms with Crippen molar-refractivity contribution in [3.63, 3.8) is 0 Å². The summed E-state index contributed by atoms with van der Waals surface area (Å²) in [5.41, 5.74) is 1.94. The van der Waals surface area contributed by atoms with Crippen LogP contribution in [0, 0.1) is 0 Å². The predicted octanol–water partition coefficient (Wildman–Crippen LogP) is 1.12. The van der Waals surface area contributed by atoms with Crippen LogP contribution in [0.3, 0.4) is 0 Å². The van der Waals surface area contributed by atoms with Gasteiger partial charge in [-0.15, -0.1) is 0 Å². The van der Waals surface area contributed by atoms with E-state index in [1.807, 2.05) is 12.1 Å². The average Bonchev–Trinajstić information content (AvgIpc) is 2.53. The van der Waals surface area contributed by atoms with Gasteiger partial charge in [-0.05, 0) is 17.7 Å². The number of fused-ring (bicyclic) bond motifs is 2. The molecule has 0 spiro atoms. The van der Waals surface area contributed by atoms with Crippen molar-refractivity contribution in [2.75, 3.05) is 5.32 Å². The molecule has 2 heterocycles. The molecule has 1 amide bonds. The van der Waals surface area contributed by atoms with Gasteiger partial charge >= 0.3 is 0 Å². The summed E-state index contributed by atoms with van der Waals surface area (Å²) in [5, 5.41) is 12.4. The fourth-order valence-corrected chi connectivity index (χ4v) is 1.72. The van der Waals surface area contributed by atoms with E-state index in [0.717, 1.165) is 22.0 Å². The van der Waals surface area contributed by atoms with Crippen LogP contribution < -0.4 is 5.32 Å². The van der Waals surface area contributed by atoms with Gasteiger partial charge in [-0.1, -0.05) is 0 Å². The lowest BCUT2D eigenvalue weighted by Gasteiger charge is -2.00. The van der Waals surface area contributed by atoms with Crippen molar-refractivity contribution in [2.45, 2.75) is 6.42 Å². The van der Waals surface area contributed by atoms with Crippen molar-refractivity contribution in [3.05, 3.63) is 30.1 Å². The van der Waals surface area contributed by atoms with E-state index in [9.17, 15) is 4.79 Å². The maximum atomic E-state index is 11.1. The number of hydrogen-bond donors (Lipinski definition) is 1. The summed E-state index contributed by atoms with van der Waals surface area (Å²) in [6, 6.07) is 3.92. The second-order valence-electron chi connectivity index (χ2n) is 3.35. The van der Waals surface area contributed by atoms with Crippen LogP contribution in [0.5, 0.6) is 0 Å². The molecule has 1 N–H and O–H groups in total. The Kier molecular flexibility index (Phi) is 1.33. The fourth-order valence-electron chi connectivity index (χ4n) is 1.72. The predicted molar refractivity (Wildman–Crippen MR) is 51.9 cm³/mol. The van der Waals surface area contributed by atoms with Gasteiger partial charge in [0.15, 0.2) is 0 Å². The Hall–Kier alpha value is -1.97. The van der Waals surface area contributed by atoms with Crippen LogP contribution in [0.4, 0.5) is 5.69 Å². The topological polar surface area (TPSA) is 54.9 Å². The second-order valence-corrected chi connectivity index (χ2v) is 3.35. The Labute approximate surface area is 80.0 Å². The van der Waals surface area contributed by atoms with Gasteiger partial charge in [-0.25, -0.2) is 0 Å². The van der Waals surface area contributed by atoms with Crippen molar-refractivity contribution in [1.29, 1.82) is 0 Å². The summed E-state index contributed by atoms with van der Waals surface area (Å²) in [4.78, 5) is 11.1. The van der Waals surface area contributed by atoms with Crippen molar-refractivity contribution < 1.29 is 4.79 Å². The van der Waals surface area contributed by atoms with E-state index in [-0.39, 0.29) is 5.91 Å². The Morgan fingerprint density at radius 2 is 1.86 bits per heavy atom. The van der Waals surface area contributed by atoms with Crippen LogP contribution in [-0.4, -0.2) is 16.1 Å². The number of benzene rings is 1. The average molecular weight is 185 g/mol. The second kappa shape index (κ2) is 2.51. The fraction of sp³-hybridized carbons (Fsp3) is 0.100. The molecule has 1 aliphatic heterocycles. The van der Waals surface area contributed by atoms with Gasteiger partial charge in [-0.2, -0.15) is 10.2 Å². The molecule has 14 heavy (non-hydrogen) atoms. The van der Waals surface area contributed by atoms with Crippen molar-refractivity contribution in [2.24, 2.45) is 0 Å². The van der Waals surface area contributed by atoms with Crippen LogP contribution in [0.25, 0.3) is 10.8 Å². The highest BCUT2D eigenvalue weighted by Crippen LogP contribution is 2.27. The molecular weight excluding hydrogens is 178 g/mol. The largest absolute Gasteiger partial charge is 0.326 e. The van der Waals surface area contributed by atoms with Gasteiger partial charge in [0.05, 0.1) is 18.8 Å². The van der Waals surface area contributed by atoms with Crippen LogP contribution in [-0.2, 0) is 11.2 Å². The highest BCUT2D eigenvalue weighted by Gasteiger charge is 2.17. The molecule has 0 saturated heterocycles. The zero-order chi connectivity index (χ0) is 9.54. The van der Waals surface area contributed by atoms with Crippen molar-refractivity contribution >= 4 is 22.4 Å². The highest BCUT2D eigenvalue weighted by atomic mass is 16.1. The van der Waals surface area contributed by atoms with Gasteiger partial charge in [0.2, 0.25) is 5.91 Å². The number of anilines is 1. The molecule has 4 nitrogen and oxygen atoms in total. The van der Waals surface area contributed by atoms with Gasteiger partial charge in [0, 0.05) is 16.5 Å². The van der Waals surface area contributed by atoms with E-state index in [2.05, 4.69) is 15.5 Å². The zero-order valence-corrected chi connectivity index (χ0v) is 7.32. The first-order valence-electron chi connectivity index (χ1n) is 4.36. The van der Waals surface area contributed by atoms with Gasteiger partial charge in [-0.3, -0.25) is 4.79 Å². The Morgan fingerprint density at radius 3 is 2.64 bits per heavy atom. The molecule has 0 unspecified atom stereocenters. The first kappa shape index (κ1) is 7.44. The normalized spacial score (nSPS) is 14.1. The first-order valence-corrected chi connectivity index (χ1v) is 4.36. The Morgan fingerprint density at radius 1 is 1.14 bits per heavy atom. The smallest absolute Gasteiger partial charge is 0.228 e. The highest BCUT2D eigenvalue weighted by molar-refractivity contribution is 6.02. The lowest BCUT2D eigenvalue weighted by molar-refractivity contribution is -0.115. The van der Waals surface area contributed by atoms with Crippen molar-refractivity contribution in [3.8, 4) is 0 Å². The van der Waals surface area contributed by atoms with E-state index < -0.39 is 0 Å².